The molecular weight excluding hydrogens is 593 g/mol. The summed E-state index contributed by atoms with van der Waals surface area (Å²) in [4.78, 5) is 9.54. The highest BCUT2D eigenvalue weighted by Crippen LogP contribution is 2.56. The van der Waals surface area contributed by atoms with Crippen LogP contribution in [-0.2, 0) is 5.41 Å². The van der Waals surface area contributed by atoms with Gasteiger partial charge in [0.1, 0.15) is 0 Å². The van der Waals surface area contributed by atoms with Crippen molar-refractivity contribution < 1.29 is 0 Å². The van der Waals surface area contributed by atoms with Crippen molar-refractivity contribution in [3.8, 4) is 55.9 Å². The van der Waals surface area contributed by atoms with Gasteiger partial charge < -0.3 is 0 Å². The average molecular weight is 625 g/mol. The van der Waals surface area contributed by atoms with Gasteiger partial charge in [-0.05, 0) is 86.0 Å². The maximum absolute atomic E-state index is 5.15. The summed E-state index contributed by atoms with van der Waals surface area (Å²) in [5.41, 5.74) is 15.9. The van der Waals surface area contributed by atoms with Gasteiger partial charge in [0.25, 0.3) is 0 Å². The predicted octanol–water partition coefficient (Wildman–Crippen LogP) is 11.5. The first-order valence-electron chi connectivity index (χ1n) is 16.7. The molecule has 9 rings (SSSR count). The van der Waals surface area contributed by atoms with E-state index in [4.69, 9.17) is 4.98 Å². The first-order valence-corrected chi connectivity index (χ1v) is 16.7. The summed E-state index contributed by atoms with van der Waals surface area (Å²) in [7, 11) is 0. The van der Waals surface area contributed by atoms with Gasteiger partial charge in [-0.15, -0.1) is 0 Å². The second kappa shape index (κ2) is 12.0. The number of hydrogen-bond donors (Lipinski definition) is 0. The maximum atomic E-state index is 5.15. The summed E-state index contributed by atoms with van der Waals surface area (Å²) < 4.78 is 0. The lowest BCUT2D eigenvalue weighted by Crippen LogP contribution is -2.28. The van der Waals surface area contributed by atoms with E-state index in [1.807, 2.05) is 18.5 Å². The Morgan fingerprint density at radius 3 is 1.51 bits per heavy atom. The Kier molecular flexibility index (Phi) is 7.06. The normalized spacial score (nSPS) is 14.6. The van der Waals surface area contributed by atoms with E-state index in [0.717, 1.165) is 28.1 Å². The zero-order chi connectivity index (χ0) is 32.6. The minimum atomic E-state index is -0.457. The van der Waals surface area contributed by atoms with E-state index in [1.165, 1.54) is 50.1 Å². The van der Waals surface area contributed by atoms with Crippen molar-refractivity contribution >= 4 is 0 Å². The molecule has 0 N–H and O–H groups in total. The average Bonchev–Trinajstić information content (AvgIpc) is 3.49. The van der Waals surface area contributed by atoms with Crippen LogP contribution in [0.25, 0.3) is 55.9 Å². The Labute approximate surface area is 287 Å². The molecule has 0 saturated heterocycles. The van der Waals surface area contributed by atoms with Crippen LogP contribution in [0.5, 0.6) is 0 Å². The van der Waals surface area contributed by atoms with Crippen molar-refractivity contribution in [1.29, 1.82) is 0 Å². The molecule has 1 aliphatic rings. The molecule has 2 heterocycles. The lowest BCUT2D eigenvalue weighted by Gasteiger charge is -2.34. The molecule has 0 fully saturated rings. The molecule has 0 spiro atoms. The minimum absolute atomic E-state index is 0.457. The number of aromatic nitrogens is 2. The van der Waals surface area contributed by atoms with Crippen LogP contribution in [0.2, 0.25) is 0 Å². The molecule has 8 aromatic rings. The van der Waals surface area contributed by atoms with Crippen LogP contribution < -0.4 is 0 Å². The number of hydrogen-bond acceptors (Lipinski definition) is 2. The zero-order valence-electron chi connectivity index (χ0n) is 26.9. The van der Waals surface area contributed by atoms with E-state index >= 15 is 0 Å². The molecule has 2 nitrogen and oxygen atoms in total. The van der Waals surface area contributed by atoms with E-state index in [9.17, 15) is 0 Å². The Balaban J connectivity index is 1.17. The number of pyridine rings is 2. The highest BCUT2D eigenvalue weighted by molar-refractivity contribution is 5.88. The van der Waals surface area contributed by atoms with Gasteiger partial charge >= 0.3 is 0 Å². The molecule has 6 aromatic carbocycles. The Morgan fingerprint density at radius 2 is 0.816 bits per heavy atom. The molecule has 1 atom stereocenters. The van der Waals surface area contributed by atoms with Crippen LogP contribution >= 0.6 is 0 Å². The summed E-state index contributed by atoms with van der Waals surface area (Å²) in [6.45, 7) is 0. The number of rotatable bonds is 6. The smallest absolute Gasteiger partial charge is 0.0715 e. The second-order valence-corrected chi connectivity index (χ2v) is 12.6. The fourth-order valence-corrected chi connectivity index (χ4v) is 7.60. The van der Waals surface area contributed by atoms with Crippen LogP contribution in [0, 0.1) is 0 Å². The predicted molar refractivity (Wildman–Crippen MR) is 201 cm³/mol. The van der Waals surface area contributed by atoms with Crippen LogP contribution in [-0.4, -0.2) is 9.97 Å². The fraction of sp³-hybridized carbons (Fsp3) is 0.0213. The van der Waals surface area contributed by atoms with Crippen LogP contribution in [0.1, 0.15) is 22.3 Å². The first-order chi connectivity index (χ1) is 24.3. The van der Waals surface area contributed by atoms with E-state index < -0.39 is 5.41 Å². The van der Waals surface area contributed by atoms with Gasteiger partial charge in [-0.3, -0.25) is 4.98 Å². The number of fused-ring (bicyclic) bond motifs is 3. The monoisotopic (exact) mass is 624 g/mol. The quantitative estimate of drug-likeness (QED) is 0.184. The Hall–Kier alpha value is -6.38. The number of benzene rings is 6. The van der Waals surface area contributed by atoms with Crippen molar-refractivity contribution in [3.05, 3.63) is 217 Å². The van der Waals surface area contributed by atoms with Gasteiger partial charge in [0, 0.05) is 23.5 Å². The van der Waals surface area contributed by atoms with Gasteiger partial charge in [0.15, 0.2) is 0 Å². The third-order valence-corrected chi connectivity index (χ3v) is 9.88. The van der Waals surface area contributed by atoms with Gasteiger partial charge in [-0.1, -0.05) is 152 Å². The molecule has 2 aromatic heterocycles. The summed E-state index contributed by atoms with van der Waals surface area (Å²) >= 11 is 0. The molecule has 0 radical (unpaired) electrons. The first kappa shape index (κ1) is 28.8. The van der Waals surface area contributed by atoms with Gasteiger partial charge in [0.05, 0.1) is 16.8 Å². The fourth-order valence-electron chi connectivity index (χ4n) is 7.60. The third-order valence-electron chi connectivity index (χ3n) is 9.88. The SMILES string of the molecule is c1ccc(-c2cc(-c3ccccc3)nc(-c3ccc(-c4ccc5c(c4)C(c4ccccc4)(c4ccncc4)c4ccccc4-5)cc3)c2)cc1. The lowest BCUT2D eigenvalue weighted by atomic mass is 9.67. The summed E-state index contributed by atoms with van der Waals surface area (Å²) in [5.74, 6) is 0. The van der Waals surface area contributed by atoms with Gasteiger partial charge in [-0.2, -0.15) is 0 Å². The van der Waals surface area contributed by atoms with Gasteiger partial charge in [-0.25, -0.2) is 4.98 Å². The van der Waals surface area contributed by atoms with E-state index in [0.29, 0.717) is 0 Å². The van der Waals surface area contributed by atoms with E-state index in [-0.39, 0.29) is 0 Å². The topological polar surface area (TPSA) is 25.8 Å². The molecule has 0 saturated carbocycles. The molecule has 0 amide bonds. The maximum Gasteiger partial charge on any atom is 0.0715 e. The highest BCUT2D eigenvalue weighted by Gasteiger charge is 2.46. The minimum Gasteiger partial charge on any atom is -0.265 e. The van der Waals surface area contributed by atoms with E-state index in [1.54, 1.807) is 0 Å². The van der Waals surface area contributed by atoms with Crippen molar-refractivity contribution in [3.63, 3.8) is 0 Å². The summed E-state index contributed by atoms with van der Waals surface area (Å²) in [6.07, 6.45) is 3.82. The van der Waals surface area contributed by atoms with Crippen LogP contribution in [0.15, 0.2) is 194 Å². The molecule has 0 bridgehead atoms. The molecule has 1 unspecified atom stereocenters. The van der Waals surface area contributed by atoms with Crippen LogP contribution in [0.4, 0.5) is 0 Å². The zero-order valence-corrected chi connectivity index (χ0v) is 26.9. The largest absolute Gasteiger partial charge is 0.265 e. The van der Waals surface area contributed by atoms with Crippen molar-refractivity contribution in [2.45, 2.75) is 5.41 Å². The van der Waals surface area contributed by atoms with Gasteiger partial charge in [0.2, 0.25) is 0 Å². The molecule has 1 aliphatic carbocycles. The molecule has 230 valence electrons. The third kappa shape index (κ3) is 4.89. The number of nitrogens with zero attached hydrogens (tertiary/aromatic N) is 2. The second-order valence-electron chi connectivity index (χ2n) is 12.6. The summed E-state index contributed by atoms with van der Waals surface area (Å²) in [5, 5.41) is 0. The molecule has 0 aliphatic heterocycles. The lowest BCUT2D eigenvalue weighted by molar-refractivity contribution is 0.766. The van der Waals surface area contributed by atoms with Crippen molar-refractivity contribution in [1.82, 2.24) is 9.97 Å². The van der Waals surface area contributed by atoms with Crippen molar-refractivity contribution in [2.24, 2.45) is 0 Å². The molecular formula is C47H32N2. The van der Waals surface area contributed by atoms with Crippen LogP contribution in [0.3, 0.4) is 0 Å². The summed E-state index contributed by atoms with van der Waals surface area (Å²) in [6, 6.07) is 65.3. The van der Waals surface area contributed by atoms with E-state index in [2.05, 4.69) is 181 Å². The molecule has 49 heavy (non-hydrogen) atoms. The standard InChI is InChI=1S/C47H32N2/c1-4-12-33(13-5-1)38-31-45(35-14-6-2-7-15-35)49-46(32-38)36-22-20-34(21-23-36)37-24-25-42-41-18-10-11-19-43(41)47(44(42)30-37,39-16-8-3-9-17-39)40-26-28-48-29-27-40/h1-32H. The Morgan fingerprint density at radius 1 is 0.327 bits per heavy atom. The Bertz CT molecular complexity index is 2300. The van der Waals surface area contributed by atoms with Crippen molar-refractivity contribution in [2.75, 3.05) is 0 Å². The molecule has 2 heteroatoms. The highest BCUT2D eigenvalue weighted by atomic mass is 14.7.